The van der Waals surface area contributed by atoms with E-state index in [4.69, 9.17) is 0 Å². The van der Waals surface area contributed by atoms with Gasteiger partial charge in [0, 0.05) is 30.0 Å². The molecule has 3 atom stereocenters. The van der Waals surface area contributed by atoms with Crippen molar-refractivity contribution in [2.45, 2.75) is 79.3 Å². The van der Waals surface area contributed by atoms with Gasteiger partial charge in [-0.05, 0) is 49.4 Å². The first kappa shape index (κ1) is 28.7. The number of likely N-dealkylation sites (N-methyl/N-ethyl adjacent to an activating group) is 2. The van der Waals surface area contributed by atoms with Gasteiger partial charge in [0.15, 0.2) is 0 Å². The van der Waals surface area contributed by atoms with Crippen LogP contribution in [0.15, 0.2) is 35.9 Å². The van der Waals surface area contributed by atoms with E-state index in [0.29, 0.717) is 6.42 Å². The second-order valence-electron chi connectivity index (χ2n) is 11.1. The van der Waals surface area contributed by atoms with E-state index in [0.717, 1.165) is 5.56 Å². The lowest BCUT2D eigenvalue weighted by Gasteiger charge is -2.42. The standard InChI is InChI=1S/C27H44N2O4/c1-17(2)22(15-18(3)25(32)33)29(10)24(31)21(26(4,5)6)16-23(28-9)27(7,8)19-11-13-20(30)14-12-19/h11-15,17,21-23,28,30H,16H2,1-10H3,(H,32,33)/b18-15+. The third kappa shape index (κ3) is 7.32. The summed E-state index contributed by atoms with van der Waals surface area (Å²) in [4.78, 5) is 26.9. The molecule has 3 unspecified atom stereocenters. The molecule has 6 heteroatoms. The number of nitrogens with zero attached hydrogens (tertiary/aromatic N) is 1. The van der Waals surface area contributed by atoms with Crippen molar-refractivity contribution in [1.29, 1.82) is 0 Å². The van der Waals surface area contributed by atoms with Crippen LogP contribution in [0.2, 0.25) is 0 Å². The molecule has 0 heterocycles. The van der Waals surface area contributed by atoms with Gasteiger partial charge in [0.05, 0.1) is 6.04 Å². The van der Waals surface area contributed by atoms with Crippen LogP contribution >= 0.6 is 0 Å². The molecule has 186 valence electrons. The van der Waals surface area contributed by atoms with Gasteiger partial charge in [0.2, 0.25) is 5.91 Å². The van der Waals surface area contributed by atoms with Gasteiger partial charge in [-0.2, -0.15) is 0 Å². The molecule has 1 aromatic rings. The lowest BCUT2D eigenvalue weighted by molar-refractivity contribution is -0.141. The minimum Gasteiger partial charge on any atom is -0.508 e. The molecule has 6 nitrogen and oxygen atoms in total. The molecule has 1 aromatic carbocycles. The number of carbonyl (C=O) groups excluding carboxylic acids is 1. The number of aromatic hydroxyl groups is 1. The second-order valence-corrected chi connectivity index (χ2v) is 11.1. The average Bonchev–Trinajstić information content (AvgIpc) is 2.70. The van der Waals surface area contributed by atoms with Crippen LogP contribution in [0.1, 0.15) is 67.4 Å². The Labute approximate surface area is 200 Å². The number of carbonyl (C=O) groups is 2. The Balaban J connectivity index is 3.32. The van der Waals surface area contributed by atoms with Crippen molar-refractivity contribution < 1.29 is 19.8 Å². The normalized spacial score (nSPS) is 15.8. The number of carboxylic acids is 1. The highest BCUT2D eigenvalue weighted by molar-refractivity contribution is 5.86. The first-order chi connectivity index (χ1) is 15.0. The van der Waals surface area contributed by atoms with Crippen LogP contribution in [0.25, 0.3) is 0 Å². The monoisotopic (exact) mass is 460 g/mol. The SMILES string of the molecule is CNC(CC(C(=O)N(C)C(/C=C(\C)C(=O)O)C(C)C)C(C)(C)C)C(C)(C)c1ccc(O)cc1. The zero-order valence-electron chi connectivity index (χ0n) is 22.1. The van der Waals surface area contributed by atoms with Crippen LogP contribution in [0.4, 0.5) is 0 Å². The quantitative estimate of drug-likeness (QED) is 0.435. The summed E-state index contributed by atoms with van der Waals surface area (Å²) in [7, 11) is 3.69. The third-order valence-corrected chi connectivity index (χ3v) is 6.88. The molecule has 1 rings (SSSR count). The molecule has 0 fully saturated rings. The Hall–Kier alpha value is -2.34. The Morgan fingerprint density at radius 2 is 1.61 bits per heavy atom. The molecule has 0 saturated heterocycles. The van der Waals surface area contributed by atoms with Gasteiger partial charge in [-0.15, -0.1) is 0 Å². The number of carboxylic acid groups (broad SMARTS) is 1. The predicted molar refractivity (Wildman–Crippen MR) is 134 cm³/mol. The van der Waals surface area contributed by atoms with E-state index >= 15 is 0 Å². The molecule has 0 aliphatic heterocycles. The average molecular weight is 461 g/mol. The molecule has 33 heavy (non-hydrogen) atoms. The maximum atomic E-state index is 13.8. The second kappa shape index (κ2) is 11.2. The number of benzene rings is 1. The van der Waals surface area contributed by atoms with Gasteiger partial charge in [-0.25, -0.2) is 4.79 Å². The summed E-state index contributed by atoms with van der Waals surface area (Å²) in [5.74, 6) is -0.944. The molecule has 1 amide bonds. The van der Waals surface area contributed by atoms with E-state index in [1.54, 1.807) is 37.1 Å². The van der Waals surface area contributed by atoms with E-state index in [9.17, 15) is 19.8 Å². The van der Waals surface area contributed by atoms with Crippen LogP contribution in [0.5, 0.6) is 5.75 Å². The summed E-state index contributed by atoms with van der Waals surface area (Å²) in [6.07, 6.45) is 2.30. The zero-order valence-corrected chi connectivity index (χ0v) is 22.1. The van der Waals surface area contributed by atoms with Crippen molar-refractivity contribution >= 4 is 11.9 Å². The topological polar surface area (TPSA) is 89.9 Å². The van der Waals surface area contributed by atoms with Gasteiger partial charge in [0.1, 0.15) is 5.75 Å². The fraction of sp³-hybridized carbons (Fsp3) is 0.630. The van der Waals surface area contributed by atoms with E-state index in [1.807, 2.05) is 33.0 Å². The van der Waals surface area contributed by atoms with Crippen molar-refractivity contribution in [1.82, 2.24) is 10.2 Å². The summed E-state index contributed by atoms with van der Waals surface area (Å²) < 4.78 is 0. The maximum Gasteiger partial charge on any atom is 0.331 e. The van der Waals surface area contributed by atoms with Crippen LogP contribution in [0, 0.1) is 17.3 Å². The van der Waals surface area contributed by atoms with Gasteiger partial charge in [-0.1, -0.05) is 66.7 Å². The summed E-state index contributed by atoms with van der Waals surface area (Å²) in [5.41, 5.74) is 0.732. The minimum atomic E-state index is -0.972. The lowest BCUT2D eigenvalue weighted by atomic mass is 9.69. The van der Waals surface area contributed by atoms with Crippen LogP contribution in [0.3, 0.4) is 0 Å². The number of hydrogen-bond acceptors (Lipinski definition) is 4. The molecule has 0 aliphatic rings. The third-order valence-electron chi connectivity index (χ3n) is 6.88. The van der Waals surface area contributed by atoms with E-state index in [-0.39, 0.29) is 52.0 Å². The molecule has 0 saturated carbocycles. The molecule has 0 bridgehead atoms. The van der Waals surface area contributed by atoms with Gasteiger partial charge >= 0.3 is 5.97 Å². The first-order valence-electron chi connectivity index (χ1n) is 11.7. The van der Waals surface area contributed by atoms with E-state index in [1.165, 1.54) is 0 Å². The van der Waals surface area contributed by atoms with Gasteiger partial charge in [0.25, 0.3) is 0 Å². The number of amides is 1. The summed E-state index contributed by atoms with van der Waals surface area (Å²) in [6.45, 7) is 16.1. The van der Waals surface area contributed by atoms with Crippen molar-refractivity contribution in [3.8, 4) is 5.75 Å². The number of phenolic OH excluding ortho intramolecular Hbond substituents is 1. The largest absolute Gasteiger partial charge is 0.508 e. The summed E-state index contributed by atoms with van der Waals surface area (Å²) in [6, 6.07) is 6.92. The first-order valence-corrected chi connectivity index (χ1v) is 11.7. The molecular weight excluding hydrogens is 416 g/mol. The fourth-order valence-corrected chi connectivity index (χ4v) is 4.40. The molecule has 0 spiro atoms. The fourth-order valence-electron chi connectivity index (χ4n) is 4.40. The van der Waals surface area contributed by atoms with Crippen molar-refractivity contribution in [3.05, 3.63) is 41.5 Å². The molecule has 0 aromatic heterocycles. The van der Waals surface area contributed by atoms with E-state index < -0.39 is 5.97 Å². The minimum absolute atomic E-state index is 0.00239. The number of rotatable bonds is 10. The van der Waals surface area contributed by atoms with Crippen molar-refractivity contribution in [2.24, 2.45) is 17.3 Å². The van der Waals surface area contributed by atoms with E-state index in [2.05, 4.69) is 39.9 Å². The highest BCUT2D eigenvalue weighted by atomic mass is 16.4. The predicted octanol–water partition coefficient (Wildman–Crippen LogP) is 4.82. The van der Waals surface area contributed by atoms with Crippen LogP contribution < -0.4 is 5.32 Å². The lowest BCUT2D eigenvalue weighted by Crippen LogP contribution is -2.51. The zero-order chi connectivity index (χ0) is 25.7. The Morgan fingerprint density at radius 3 is 2.00 bits per heavy atom. The smallest absolute Gasteiger partial charge is 0.331 e. The van der Waals surface area contributed by atoms with Crippen molar-refractivity contribution in [3.63, 3.8) is 0 Å². The van der Waals surface area contributed by atoms with Crippen LogP contribution in [-0.4, -0.2) is 53.2 Å². The molecule has 0 aliphatic carbocycles. The van der Waals surface area contributed by atoms with Gasteiger partial charge < -0.3 is 20.4 Å². The highest BCUT2D eigenvalue weighted by Crippen LogP contribution is 2.38. The Kier molecular flexibility index (Phi) is 9.73. The van der Waals surface area contributed by atoms with Gasteiger partial charge in [-0.3, -0.25) is 4.79 Å². The number of nitrogens with one attached hydrogen (secondary N) is 1. The Bertz CT molecular complexity index is 835. The summed E-state index contributed by atoms with van der Waals surface area (Å²) in [5, 5.41) is 22.5. The number of hydrogen-bond donors (Lipinski definition) is 3. The van der Waals surface area contributed by atoms with Crippen LogP contribution in [-0.2, 0) is 15.0 Å². The summed E-state index contributed by atoms with van der Waals surface area (Å²) >= 11 is 0. The molecule has 0 radical (unpaired) electrons. The van der Waals surface area contributed by atoms with Crippen molar-refractivity contribution in [2.75, 3.05) is 14.1 Å². The molecule has 3 N–H and O–H groups in total. The maximum absolute atomic E-state index is 13.8. The Morgan fingerprint density at radius 1 is 1.09 bits per heavy atom. The number of phenols is 1. The highest BCUT2D eigenvalue weighted by Gasteiger charge is 2.41. The molecular formula is C27H44N2O4. The number of aliphatic carboxylic acids is 1.